The van der Waals surface area contributed by atoms with Gasteiger partial charge in [0.15, 0.2) is 0 Å². The summed E-state index contributed by atoms with van der Waals surface area (Å²) in [6.07, 6.45) is 0. The molecule has 2 heteroatoms. The molecular weight excluding hydrogens is 529 g/mol. The van der Waals surface area contributed by atoms with Crippen LogP contribution in [0.3, 0.4) is 0 Å². The summed E-state index contributed by atoms with van der Waals surface area (Å²) in [6.45, 7) is 0. The van der Waals surface area contributed by atoms with Crippen LogP contribution in [0.15, 0.2) is 146 Å². The van der Waals surface area contributed by atoms with E-state index in [2.05, 4.69) is 146 Å². The third-order valence-electron chi connectivity index (χ3n) is 8.51. The molecule has 0 saturated carbocycles. The molecule has 0 unspecified atom stereocenters. The number of rotatable bonds is 3. The van der Waals surface area contributed by atoms with Crippen molar-refractivity contribution in [3.63, 3.8) is 0 Å². The molecule has 196 valence electrons. The number of hydrogen-bond donors (Lipinski definition) is 0. The molecule has 9 rings (SSSR count). The predicted molar refractivity (Wildman–Crippen MR) is 179 cm³/mol. The van der Waals surface area contributed by atoms with Gasteiger partial charge in [-0.05, 0) is 63.0 Å². The fraction of sp³-hybridized carbons (Fsp3) is 0. The Hall–Kier alpha value is -5.18. The summed E-state index contributed by atoms with van der Waals surface area (Å²) >= 11 is 1.88. The SMILES string of the molecule is c1ccc(-c2ccccc2-c2cccc3c2sc2ccccc23)c(-c2ccc3c(c2)-c2cccc4cccc(c24)O3)c1. The van der Waals surface area contributed by atoms with Gasteiger partial charge < -0.3 is 4.74 Å². The van der Waals surface area contributed by atoms with Crippen molar-refractivity contribution >= 4 is 42.3 Å². The minimum atomic E-state index is 0.902. The van der Waals surface area contributed by atoms with Gasteiger partial charge in [0.25, 0.3) is 0 Å². The second-order valence-electron chi connectivity index (χ2n) is 10.8. The van der Waals surface area contributed by atoms with Gasteiger partial charge in [-0.1, -0.05) is 121 Å². The lowest BCUT2D eigenvalue weighted by molar-refractivity contribution is 0.487. The highest BCUT2D eigenvalue weighted by atomic mass is 32.1. The quantitative estimate of drug-likeness (QED) is 0.212. The van der Waals surface area contributed by atoms with Crippen LogP contribution in [0.5, 0.6) is 11.5 Å². The Morgan fingerprint density at radius 3 is 1.88 bits per heavy atom. The van der Waals surface area contributed by atoms with E-state index in [1.165, 1.54) is 69.9 Å². The molecule has 1 aliphatic rings. The van der Waals surface area contributed by atoms with Crippen molar-refractivity contribution in [2.24, 2.45) is 0 Å². The maximum Gasteiger partial charge on any atom is 0.135 e. The predicted octanol–water partition coefficient (Wildman–Crippen LogP) is 12.0. The van der Waals surface area contributed by atoms with E-state index >= 15 is 0 Å². The van der Waals surface area contributed by atoms with Crippen LogP contribution in [-0.4, -0.2) is 0 Å². The van der Waals surface area contributed by atoms with Crippen molar-refractivity contribution < 1.29 is 4.74 Å². The van der Waals surface area contributed by atoms with Crippen LogP contribution in [0.4, 0.5) is 0 Å². The first kappa shape index (κ1) is 23.5. The van der Waals surface area contributed by atoms with Crippen LogP contribution in [0, 0.1) is 0 Å². The van der Waals surface area contributed by atoms with Crippen LogP contribution in [0.1, 0.15) is 0 Å². The molecule has 1 nitrogen and oxygen atoms in total. The average Bonchev–Trinajstić information content (AvgIpc) is 3.44. The summed E-state index contributed by atoms with van der Waals surface area (Å²) in [4.78, 5) is 0. The first-order valence-electron chi connectivity index (χ1n) is 14.3. The third kappa shape index (κ3) is 3.49. The van der Waals surface area contributed by atoms with E-state index in [4.69, 9.17) is 4.74 Å². The maximum absolute atomic E-state index is 6.40. The van der Waals surface area contributed by atoms with E-state index in [0.29, 0.717) is 0 Å². The second kappa shape index (κ2) is 9.17. The lowest BCUT2D eigenvalue weighted by Crippen LogP contribution is -1.97. The van der Waals surface area contributed by atoms with E-state index in [1.807, 2.05) is 11.3 Å². The topological polar surface area (TPSA) is 9.23 Å². The molecule has 2 heterocycles. The van der Waals surface area contributed by atoms with Gasteiger partial charge in [-0.25, -0.2) is 0 Å². The Labute approximate surface area is 247 Å². The zero-order valence-corrected chi connectivity index (χ0v) is 23.5. The van der Waals surface area contributed by atoms with Gasteiger partial charge >= 0.3 is 0 Å². The number of thiophene rings is 1. The van der Waals surface area contributed by atoms with Crippen LogP contribution >= 0.6 is 11.3 Å². The Kier molecular flexibility index (Phi) is 5.13. The average molecular weight is 553 g/mol. The minimum Gasteiger partial charge on any atom is -0.456 e. The smallest absolute Gasteiger partial charge is 0.135 e. The van der Waals surface area contributed by atoms with E-state index < -0.39 is 0 Å². The molecule has 1 aromatic heterocycles. The standard InChI is InChI=1S/C40H24OS/c1-2-13-28(29-14-3-4-15-30(29)33-18-9-19-34-31-16-5-6-21-38(31)42-40(33)34)27(12-1)26-22-23-36-35(24-26)32-17-7-10-25-11-8-20-37(41-36)39(25)32/h1-24H. The van der Waals surface area contributed by atoms with Crippen molar-refractivity contribution in [1.82, 2.24) is 0 Å². The number of ether oxygens (including phenoxy) is 1. The van der Waals surface area contributed by atoms with Gasteiger partial charge in [-0.3, -0.25) is 0 Å². The molecule has 0 fully saturated rings. The molecule has 0 amide bonds. The molecule has 8 aromatic rings. The largest absolute Gasteiger partial charge is 0.456 e. The van der Waals surface area contributed by atoms with Crippen molar-refractivity contribution in [2.45, 2.75) is 0 Å². The van der Waals surface area contributed by atoms with Crippen LogP contribution in [-0.2, 0) is 0 Å². The zero-order chi connectivity index (χ0) is 27.6. The minimum absolute atomic E-state index is 0.902. The summed E-state index contributed by atoms with van der Waals surface area (Å²) in [5.74, 6) is 1.83. The summed E-state index contributed by atoms with van der Waals surface area (Å²) in [6, 6.07) is 52.5. The first-order chi connectivity index (χ1) is 20.8. The molecule has 0 aliphatic carbocycles. The fourth-order valence-electron chi connectivity index (χ4n) is 6.61. The number of benzene rings is 7. The van der Waals surface area contributed by atoms with E-state index in [9.17, 15) is 0 Å². The molecule has 0 atom stereocenters. The first-order valence-corrected chi connectivity index (χ1v) is 15.1. The van der Waals surface area contributed by atoms with Crippen molar-refractivity contribution in [3.05, 3.63) is 146 Å². The van der Waals surface area contributed by atoms with Gasteiger partial charge in [0.1, 0.15) is 11.5 Å². The Morgan fingerprint density at radius 2 is 1.02 bits per heavy atom. The normalized spacial score (nSPS) is 12.0. The molecule has 0 N–H and O–H groups in total. The van der Waals surface area contributed by atoms with Crippen molar-refractivity contribution in [1.29, 1.82) is 0 Å². The highest BCUT2D eigenvalue weighted by Crippen LogP contribution is 2.49. The molecule has 0 radical (unpaired) electrons. The Bertz CT molecular complexity index is 2340. The van der Waals surface area contributed by atoms with E-state index in [-0.39, 0.29) is 0 Å². The zero-order valence-electron chi connectivity index (χ0n) is 22.7. The monoisotopic (exact) mass is 552 g/mol. The maximum atomic E-state index is 6.40. The lowest BCUT2D eigenvalue weighted by Gasteiger charge is -2.22. The van der Waals surface area contributed by atoms with E-state index in [1.54, 1.807) is 0 Å². The fourth-order valence-corrected chi connectivity index (χ4v) is 7.84. The van der Waals surface area contributed by atoms with Gasteiger partial charge in [0.2, 0.25) is 0 Å². The van der Waals surface area contributed by atoms with Crippen LogP contribution in [0.2, 0.25) is 0 Å². The lowest BCUT2D eigenvalue weighted by atomic mass is 9.87. The van der Waals surface area contributed by atoms with E-state index in [0.717, 1.165) is 17.1 Å². The Balaban J connectivity index is 1.24. The highest BCUT2D eigenvalue weighted by Gasteiger charge is 2.21. The van der Waals surface area contributed by atoms with Gasteiger partial charge in [-0.2, -0.15) is 0 Å². The summed E-state index contributed by atoms with van der Waals surface area (Å²) < 4.78 is 9.06. The molecule has 0 spiro atoms. The number of hydrogen-bond acceptors (Lipinski definition) is 2. The molecule has 7 aromatic carbocycles. The molecule has 1 aliphatic heterocycles. The van der Waals surface area contributed by atoms with Gasteiger partial charge in [0, 0.05) is 36.7 Å². The van der Waals surface area contributed by atoms with Crippen molar-refractivity contribution in [2.75, 3.05) is 0 Å². The Morgan fingerprint density at radius 1 is 0.405 bits per heavy atom. The van der Waals surface area contributed by atoms with Crippen molar-refractivity contribution in [3.8, 4) is 56.0 Å². The highest BCUT2D eigenvalue weighted by molar-refractivity contribution is 7.26. The molecule has 0 saturated heterocycles. The molecule has 42 heavy (non-hydrogen) atoms. The third-order valence-corrected chi connectivity index (χ3v) is 9.73. The summed E-state index contributed by atoms with van der Waals surface area (Å²) in [7, 11) is 0. The van der Waals surface area contributed by atoms with Gasteiger partial charge in [-0.15, -0.1) is 11.3 Å². The van der Waals surface area contributed by atoms with Crippen LogP contribution < -0.4 is 4.74 Å². The summed E-state index contributed by atoms with van der Waals surface area (Å²) in [5, 5.41) is 5.02. The number of fused-ring (bicyclic) bond motifs is 5. The molecular formula is C40H24OS. The molecule has 0 bridgehead atoms. The second-order valence-corrected chi connectivity index (χ2v) is 11.9. The summed E-state index contributed by atoms with van der Waals surface area (Å²) in [5.41, 5.74) is 9.74. The van der Waals surface area contributed by atoms with Crippen LogP contribution in [0.25, 0.3) is 75.5 Å². The van der Waals surface area contributed by atoms with Gasteiger partial charge in [0.05, 0.1) is 0 Å².